The molecule has 0 saturated heterocycles. The summed E-state index contributed by atoms with van der Waals surface area (Å²) < 4.78 is 12.5. The van der Waals surface area contributed by atoms with Crippen molar-refractivity contribution in [2.24, 2.45) is 0 Å². The first kappa shape index (κ1) is 19.3. The molecule has 2 aromatic rings. The molecule has 2 N–H and O–H groups in total. The number of ether oxygens (including phenoxy) is 2. The van der Waals surface area contributed by atoms with Crippen molar-refractivity contribution >= 4 is 5.69 Å². The van der Waals surface area contributed by atoms with Gasteiger partial charge >= 0.3 is 0 Å². The molecule has 1 unspecified atom stereocenters. The molecule has 2 atom stereocenters. The van der Waals surface area contributed by atoms with Gasteiger partial charge in [0.25, 0.3) is 5.56 Å². The van der Waals surface area contributed by atoms with Crippen LogP contribution in [0, 0.1) is 18.3 Å². The lowest BCUT2D eigenvalue weighted by Gasteiger charge is -2.35. The Kier molecular flexibility index (Phi) is 4.51. The van der Waals surface area contributed by atoms with Gasteiger partial charge in [-0.15, -0.1) is 0 Å². The van der Waals surface area contributed by atoms with Crippen LogP contribution in [0.1, 0.15) is 55.9 Å². The third kappa shape index (κ3) is 3.22. The zero-order chi connectivity index (χ0) is 20.9. The van der Waals surface area contributed by atoms with Crippen molar-refractivity contribution in [2.45, 2.75) is 52.2 Å². The van der Waals surface area contributed by atoms with E-state index in [1.165, 1.54) is 0 Å². The summed E-state index contributed by atoms with van der Waals surface area (Å²) in [7, 11) is 0. The Balaban J connectivity index is 2.06. The summed E-state index contributed by atoms with van der Waals surface area (Å²) in [5.74, 6) is 0.278. The average molecular weight is 391 g/mol. The number of nitrogens with zero attached hydrogens (tertiary/aromatic N) is 1. The molecule has 0 fully saturated rings. The highest BCUT2D eigenvalue weighted by molar-refractivity contribution is 5.69. The summed E-state index contributed by atoms with van der Waals surface area (Å²) in [5, 5.41) is 12.8. The highest BCUT2D eigenvalue weighted by Gasteiger charge is 2.39. The molecular formula is C23H25N3O3. The van der Waals surface area contributed by atoms with Crippen LogP contribution in [0.15, 0.2) is 40.5 Å². The maximum atomic E-state index is 13.0. The van der Waals surface area contributed by atoms with E-state index in [0.29, 0.717) is 23.5 Å². The maximum Gasteiger partial charge on any atom is 0.254 e. The second-order valence-electron chi connectivity index (χ2n) is 8.40. The van der Waals surface area contributed by atoms with Crippen molar-refractivity contribution in [3.63, 3.8) is 0 Å². The lowest BCUT2D eigenvalue weighted by molar-refractivity contribution is -0.0720. The fraction of sp³-hybridized carbons (Fsp3) is 0.391. The van der Waals surface area contributed by atoms with Gasteiger partial charge in [0.15, 0.2) is 0 Å². The van der Waals surface area contributed by atoms with Crippen LogP contribution in [-0.4, -0.2) is 23.3 Å². The fourth-order valence-electron chi connectivity index (χ4n) is 4.38. The van der Waals surface area contributed by atoms with Crippen LogP contribution in [0.2, 0.25) is 0 Å². The first-order valence-corrected chi connectivity index (χ1v) is 9.76. The van der Waals surface area contributed by atoms with Gasteiger partial charge in [0, 0.05) is 23.4 Å². The van der Waals surface area contributed by atoms with Gasteiger partial charge in [-0.25, -0.2) is 0 Å². The van der Waals surface area contributed by atoms with Gasteiger partial charge in [0.05, 0.1) is 34.6 Å². The Morgan fingerprint density at radius 1 is 1.28 bits per heavy atom. The third-order valence-electron chi connectivity index (χ3n) is 5.64. The van der Waals surface area contributed by atoms with Crippen molar-refractivity contribution in [3.8, 4) is 11.8 Å². The molecule has 2 aliphatic heterocycles. The molecule has 0 spiro atoms. The number of hydrogen-bond donors (Lipinski definition) is 2. The zero-order valence-corrected chi connectivity index (χ0v) is 17.3. The topological polar surface area (TPSA) is 87.1 Å². The van der Waals surface area contributed by atoms with E-state index in [1.807, 2.05) is 40.7 Å². The minimum absolute atomic E-state index is 0.144. The first-order valence-electron chi connectivity index (χ1n) is 9.76. The summed E-state index contributed by atoms with van der Waals surface area (Å²) in [4.78, 5) is 15.8. The first-order chi connectivity index (χ1) is 13.7. The number of benzene rings is 1. The van der Waals surface area contributed by atoms with Gasteiger partial charge in [0.1, 0.15) is 12.4 Å². The van der Waals surface area contributed by atoms with Gasteiger partial charge in [-0.3, -0.25) is 4.79 Å². The van der Waals surface area contributed by atoms with Crippen LogP contribution in [0.25, 0.3) is 0 Å². The van der Waals surface area contributed by atoms with Crippen LogP contribution in [0.3, 0.4) is 0 Å². The van der Waals surface area contributed by atoms with Gasteiger partial charge < -0.3 is 19.8 Å². The SMILES string of the molecule is CC1=C2C(C)OC(C)(C)COc3cc(C#N)ccc3[C@H]2c2c(c(C)c[nH]c2=O)N1. The molecule has 4 rings (SSSR count). The van der Waals surface area contributed by atoms with E-state index in [4.69, 9.17) is 9.47 Å². The predicted octanol–water partition coefficient (Wildman–Crippen LogP) is 3.96. The summed E-state index contributed by atoms with van der Waals surface area (Å²) in [6, 6.07) is 7.60. The van der Waals surface area contributed by atoms with Crippen LogP contribution < -0.4 is 15.6 Å². The number of nitrogens with one attached hydrogen (secondary N) is 2. The molecule has 1 aromatic heterocycles. The Hall–Kier alpha value is -3.04. The Labute approximate surface area is 170 Å². The zero-order valence-electron chi connectivity index (χ0n) is 17.3. The van der Waals surface area contributed by atoms with E-state index in [-0.39, 0.29) is 17.6 Å². The van der Waals surface area contributed by atoms with Gasteiger partial charge in [-0.1, -0.05) is 6.07 Å². The number of nitriles is 1. The van der Waals surface area contributed by atoms with Crippen LogP contribution in [0.5, 0.6) is 5.75 Å². The van der Waals surface area contributed by atoms with E-state index >= 15 is 0 Å². The lowest BCUT2D eigenvalue weighted by atomic mass is 9.78. The number of aryl methyl sites for hydroxylation is 1. The highest BCUT2D eigenvalue weighted by atomic mass is 16.5. The molecule has 0 radical (unpaired) electrons. The monoisotopic (exact) mass is 391 g/mol. The largest absolute Gasteiger partial charge is 0.490 e. The standard InChI is InChI=1S/C23H25N3O3/c1-12-10-25-22(27)20-19-16-7-6-15(9-24)8-17(16)28-11-23(4,5)29-14(3)18(19)13(2)26-21(12)20/h6-8,10,14,19,26H,11H2,1-5H3,(H,25,27)/t14?,19-/m1/s1. The molecular weight excluding hydrogens is 366 g/mol. The quantitative estimate of drug-likeness (QED) is 0.710. The molecule has 29 heavy (non-hydrogen) atoms. The summed E-state index contributed by atoms with van der Waals surface area (Å²) in [6.07, 6.45) is 1.49. The normalized spacial score (nSPS) is 22.5. The molecule has 6 nitrogen and oxygen atoms in total. The number of anilines is 1. The Morgan fingerprint density at radius 2 is 2.03 bits per heavy atom. The minimum Gasteiger partial charge on any atom is -0.490 e. The molecule has 6 heteroatoms. The second kappa shape index (κ2) is 6.78. The molecule has 0 amide bonds. The van der Waals surface area contributed by atoms with Crippen LogP contribution >= 0.6 is 0 Å². The van der Waals surface area contributed by atoms with Crippen molar-refractivity contribution in [3.05, 3.63) is 68.3 Å². The lowest BCUT2D eigenvalue weighted by Crippen LogP contribution is -2.37. The number of fused-ring (bicyclic) bond motifs is 5. The van der Waals surface area contributed by atoms with E-state index < -0.39 is 5.60 Å². The van der Waals surface area contributed by atoms with Crippen molar-refractivity contribution in [2.75, 3.05) is 11.9 Å². The summed E-state index contributed by atoms with van der Waals surface area (Å²) in [6.45, 7) is 10.3. The van der Waals surface area contributed by atoms with E-state index in [2.05, 4.69) is 16.4 Å². The van der Waals surface area contributed by atoms with E-state index in [9.17, 15) is 10.1 Å². The Bertz CT molecular complexity index is 1120. The van der Waals surface area contributed by atoms with E-state index in [1.54, 1.807) is 18.3 Å². The number of hydrogen-bond acceptors (Lipinski definition) is 5. The molecule has 0 aliphatic carbocycles. The van der Waals surface area contributed by atoms with Gasteiger partial charge in [-0.05, 0) is 57.9 Å². The minimum atomic E-state index is -0.541. The van der Waals surface area contributed by atoms with Crippen molar-refractivity contribution < 1.29 is 9.47 Å². The van der Waals surface area contributed by atoms with Crippen molar-refractivity contribution in [1.29, 1.82) is 5.26 Å². The number of allylic oxidation sites excluding steroid dienone is 1. The highest BCUT2D eigenvalue weighted by Crippen LogP contribution is 2.47. The number of pyridine rings is 1. The molecule has 150 valence electrons. The van der Waals surface area contributed by atoms with Gasteiger partial charge in [-0.2, -0.15) is 5.26 Å². The molecule has 0 saturated carbocycles. The number of aromatic amines is 1. The molecule has 3 heterocycles. The maximum absolute atomic E-state index is 13.0. The predicted molar refractivity (Wildman–Crippen MR) is 111 cm³/mol. The average Bonchev–Trinajstić information content (AvgIpc) is 2.71. The number of aromatic nitrogens is 1. The molecule has 0 bridgehead atoms. The fourth-order valence-corrected chi connectivity index (χ4v) is 4.38. The molecule has 2 aliphatic rings. The van der Waals surface area contributed by atoms with Crippen LogP contribution in [-0.2, 0) is 4.74 Å². The Morgan fingerprint density at radius 3 is 2.76 bits per heavy atom. The smallest absolute Gasteiger partial charge is 0.254 e. The van der Waals surface area contributed by atoms with Gasteiger partial charge in [0.2, 0.25) is 0 Å². The summed E-state index contributed by atoms with van der Waals surface area (Å²) in [5.41, 5.74) is 5.10. The third-order valence-corrected chi connectivity index (χ3v) is 5.64. The van der Waals surface area contributed by atoms with Crippen molar-refractivity contribution in [1.82, 2.24) is 4.98 Å². The van der Waals surface area contributed by atoms with Crippen LogP contribution in [0.4, 0.5) is 5.69 Å². The second-order valence-corrected chi connectivity index (χ2v) is 8.40. The number of rotatable bonds is 0. The summed E-state index contributed by atoms with van der Waals surface area (Å²) >= 11 is 0. The molecule has 1 aromatic carbocycles. The van der Waals surface area contributed by atoms with E-state index in [0.717, 1.165) is 28.1 Å². The number of H-pyrrole nitrogens is 1.